The standard InChI is InChI=1S/C17H22FN5O/c1-10-8-12-13-15(14(10)18)19-5-4-11-9-21(2)6-7-23(11)16(13)20-17(24)22(12)3/h8,11,19H,4-7,9H2,1-3H3. The third-order valence-electron chi connectivity index (χ3n) is 5.24. The van der Waals surface area contributed by atoms with E-state index in [1.807, 2.05) is 0 Å². The smallest absolute Gasteiger partial charge is 0.349 e. The fraction of sp³-hybridized carbons (Fsp3) is 0.529. The quantitative estimate of drug-likeness (QED) is 0.789. The Morgan fingerprint density at radius 2 is 2.12 bits per heavy atom. The molecule has 1 fully saturated rings. The largest absolute Gasteiger partial charge is 0.382 e. The molecule has 1 saturated heterocycles. The van der Waals surface area contributed by atoms with Crippen LogP contribution in [0.15, 0.2) is 10.9 Å². The van der Waals surface area contributed by atoms with Gasteiger partial charge < -0.3 is 15.1 Å². The molecule has 1 N–H and O–H groups in total. The summed E-state index contributed by atoms with van der Waals surface area (Å²) in [6.45, 7) is 5.06. The molecule has 2 aliphatic heterocycles. The number of hydrogen-bond donors (Lipinski definition) is 1. The first-order chi connectivity index (χ1) is 11.5. The number of nitrogens with zero attached hydrogens (tertiary/aromatic N) is 4. The van der Waals surface area contributed by atoms with Gasteiger partial charge in [0.25, 0.3) is 0 Å². The van der Waals surface area contributed by atoms with E-state index in [1.165, 1.54) is 4.57 Å². The normalized spacial score (nSPS) is 21.2. The van der Waals surface area contributed by atoms with Gasteiger partial charge in [-0.1, -0.05) is 0 Å². The minimum Gasteiger partial charge on any atom is -0.382 e. The molecule has 1 unspecified atom stereocenters. The van der Waals surface area contributed by atoms with Gasteiger partial charge in [-0.25, -0.2) is 9.18 Å². The van der Waals surface area contributed by atoms with E-state index in [0.29, 0.717) is 23.6 Å². The van der Waals surface area contributed by atoms with Crippen LogP contribution < -0.4 is 15.9 Å². The lowest BCUT2D eigenvalue weighted by Crippen LogP contribution is -2.53. The van der Waals surface area contributed by atoms with Gasteiger partial charge in [0.1, 0.15) is 11.6 Å². The number of aryl methyl sites for hydroxylation is 2. The molecule has 1 atom stereocenters. The Balaban J connectivity index is 2.06. The van der Waals surface area contributed by atoms with Crippen molar-refractivity contribution in [2.75, 3.05) is 43.4 Å². The van der Waals surface area contributed by atoms with Crippen LogP contribution in [0.3, 0.4) is 0 Å². The van der Waals surface area contributed by atoms with Crippen LogP contribution in [0.4, 0.5) is 15.9 Å². The van der Waals surface area contributed by atoms with Crippen LogP contribution in [0, 0.1) is 12.7 Å². The summed E-state index contributed by atoms with van der Waals surface area (Å²) in [5.74, 6) is 0.365. The fourth-order valence-electron chi connectivity index (χ4n) is 3.87. The highest BCUT2D eigenvalue weighted by atomic mass is 19.1. The van der Waals surface area contributed by atoms with Gasteiger partial charge in [0.2, 0.25) is 0 Å². The highest BCUT2D eigenvalue weighted by Crippen LogP contribution is 2.37. The number of fused-ring (bicyclic) bond motifs is 2. The van der Waals surface area contributed by atoms with E-state index in [-0.39, 0.29) is 17.5 Å². The zero-order valence-electron chi connectivity index (χ0n) is 14.3. The molecule has 0 aliphatic carbocycles. The number of benzene rings is 1. The molecule has 0 radical (unpaired) electrons. The first kappa shape index (κ1) is 15.4. The maximum atomic E-state index is 14.8. The average molecular weight is 331 g/mol. The summed E-state index contributed by atoms with van der Waals surface area (Å²) in [6, 6.07) is 2.02. The third kappa shape index (κ3) is 2.18. The first-order valence-corrected chi connectivity index (χ1v) is 8.36. The summed E-state index contributed by atoms with van der Waals surface area (Å²) in [6.07, 6.45) is 0.884. The monoisotopic (exact) mass is 331 g/mol. The minimum absolute atomic E-state index is 0.253. The number of hydrogen-bond acceptors (Lipinski definition) is 5. The van der Waals surface area contributed by atoms with Crippen molar-refractivity contribution in [3.05, 3.63) is 27.9 Å². The summed E-state index contributed by atoms with van der Waals surface area (Å²) < 4.78 is 16.3. The Morgan fingerprint density at radius 1 is 1.33 bits per heavy atom. The van der Waals surface area contributed by atoms with E-state index in [0.717, 1.165) is 37.0 Å². The number of likely N-dealkylation sites (N-methyl/N-ethyl adjacent to an activating group) is 1. The number of nitrogens with one attached hydrogen (secondary N) is 1. The summed E-state index contributed by atoms with van der Waals surface area (Å²) in [5.41, 5.74) is 1.44. The highest BCUT2D eigenvalue weighted by Gasteiger charge is 2.31. The minimum atomic E-state index is -0.298. The Labute approximate surface area is 139 Å². The predicted molar refractivity (Wildman–Crippen MR) is 93.4 cm³/mol. The van der Waals surface area contributed by atoms with Gasteiger partial charge in [-0.05, 0) is 32.0 Å². The molecule has 1 aromatic carbocycles. The molecule has 2 aromatic rings. The van der Waals surface area contributed by atoms with Crippen molar-refractivity contribution in [1.29, 1.82) is 0 Å². The molecule has 0 amide bonds. The predicted octanol–water partition coefficient (Wildman–Crippen LogP) is 1.32. The van der Waals surface area contributed by atoms with Gasteiger partial charge in [-0.15, -0.1) is 0 Å². The van der Waals surface area contributed by atoms with Crippen LogP contribution in [-0.4, -0.2) is 53.7 Å². The average Bonchev–Trinajstić information content (AvgIpc) is 2.53. The maximum Gasteiger partial charge on any atom is 0.349 e. The second-order valence-electron chi connectivity index (χ2n) is 6.88. The second-order valence-corrected chi connectivity index (χ2v) is 6.88. The lowest BCUT2D eigenvalue weighted by Gasteiger charge is -2.42. The maximum absolute atomic E-state index is 14.8. The summed E-state index contributed by atoms with van der Waals surface area (Å²) in [4.78, 5) is 21.2. The second kappa shape index (κ2) is 5.44. The molecule has 1 aromatic heterocycles. The molecule has 6 nitrogen and oxygen atoms in total. The molecule has 7 heteroatoms. The van der Waals surface area contributed by atoms with E-state index in [2.05, 4.69) is 27.1 Å². The SMILES string of the molecule is Cc1cc2c3c(nc(=O)n2C)N2CCN(C)CC2CCNc3c1F. The molecule has 128 valence electrons. The Morgan fingerprint density at radius 3 is 2.92 bits per heavy atom. The molecule has 0 saturated carbocycles. The number of aromatic nitrogens is 2. The lowest BCUT2D eigenvalue weighted by atomic mass is 10.0. The molecular weight excluding hydrogens is 309 g/mol. The van der Waals surface area contributed by atoms with Crippen molar-refractivity contribution in [1.82, 2.24) is 14.5 Å². The number of rotatable bonds is 0. The van der Waals surface area contributed by atoms with Crippen LogP contribution in [0.2, 0.25) is 0 Å². The van der Waals surface area contributed by atoms with E-state index in [4.69, 9.17) is 0 Å². The molecule has 0 bridgehead atoms. The van der Waals surface area contributed by atoms with E-state index < -0.39 is 0 Å². The Hall–Kier alpha value is -2.15. The van der Waals surface area contributed by atoms with Crippen molar-refractivity contribution >= 4 is 22.4 Å². The first-order valence-electron chi connectivity index (χ1n) is 8.36. The van der Waals surface area contributed by atoms with Crippen molar-refractivity contribution in [3.8, 4) is 0 Å². The lowest BCUT2D eigenvalue weighted by molar-refractivity contribution is 0.261. The summed E-state index contributed by atoms with van der Waals surface area (Å²) in [5, 5.41) is 3.97. The van der Waals surface area contributed by atoms with Crippen LogP contribution in [0.5, 0.6) is 0 Å². The molecule has 2 aliphatic rings. The van der Waals surface area contributed by atoms with Gasteiger partial charge in [-0.2, -0.15) is 4.98 Å². The van der Waals surface area contributed by atoms with Crippen molar-refractivity contribution in [2.24, 2.45) is 7.05 Å². The van der Waals surface area contributed by atoms with Crippen LogP contribution in [-0.2, 0) is 7.05 Å². The number of anilines is 2. The molecule has 0 spiro atoms. The third-order valence-corrected chi connectivity index (χ3v) is 5.24. The highest BCUT2D eigenvalue weighted by molar-refractivity contribution is 6.01. The number of piperazine rings is 1. The molecule has 3 heterocycles. The van der Waals surface area contributed by atoms with E-state index in [1.54, 1.807) is 20.0 Å². The molecule has 24 heavy (non-hydrogen) atoms. The molecule has 4 rings (SSSR count). The van der Waals surface area contributed by atoms with E-state index >= 15 is 0 Å². The Kier molecular flexibility index (Phi) is 3.49. The summed E-state index contributed by atoms with van der Waals surface area (Å²) in [7, 11) is 3.79. The fourth-order valence-corrected chi connectivity index (χ4v) is 3.87. The Bertz CT molecular complexity index is 878. The zero-order valence-corrected chi connectivity index (χ0v) is 14.3. The molecular formula is C17H22FN5O. The van der Waals surface area contributed by atoms with Crippen LogP contribution in [0.1, 0.15) is 12.0 Å². The topological polar surface area (TPSA) is 53.4 Å². The summed E-state index contributed by atoms with van der Waals surface area (Å²) >= 11 is 0. The number of halogens is 1. The van der Waals surface area contributed by atoms with Crippen molar-refractivity contribution < 1.29 is 4.39 Å². The van der Waals surface area contributed by atoms with Crippen LogP contribution in [0.25, 0.3) is 10.9 Å². The van der Waals surface area contributed by atoms with E-state index in [9.17, 15) is 9.18 Å². The van der Waals surface area contributed by atoms with Gasteiger partial charge in [0.15, 0.2) is 0 Å². The van der Waals surface area contributed by atoms with Gasteiger partial charge in [0, 0.05) is 39.3 Å². The van der Waals surface area contributed by atoms with Crippen molar-refractivity contribution in [2.45, 2.75) is 19.4 Å². The zero-order chi connectivity index (χ0) is 17.0. The van der Waals surface area contributed by atoms with Gasteiger partial charge in [0.05, 0.1) is 16.6 Å². The van der Waals surface area contributed by atoms with Crippen LogP contribution >= 0.6 is 0 Å². The van der Waals surface area contributed by atoms with Gasteiger partial charge in [-0.3, -0.25) is 4.57 Å². The van der Waals surface area contributed by atoms with Crippen molar-refractivity contribution in [3.63, 3.8) is 0 Å². The van der Waals surface area contributed by atoms with Gasteiger partial charge >= 0.3 is 5.69 Å².